The molecule has 0 aromatic heterocycles. The highest BCUT2D eigenvalue weighted by Crippen LogP contribution is 2.25. The number of hydrogen-bond acceptors (Lipinski definition) is 6. The van der Waals surface area contributed by atoms with E-state index in [2.05, 4.69) is 57.7 Å². The van der Waals surface area contributed by atoms with Gasteiger partial charge in [-0.3, -0.25) is 0 Å². The Bertz CT molecular complexity index is 458. The summed E-state index contributed by atoms with van der Waals surface area (Å²) in [5.74, 6) is -0.519. The minimum absolute atomic E-state index is 0.0824. The van der Waals surface area contributed by atoms with Crippen molar-refractivity contribution < 1.29 is 27.3 Å². The molecule has 0 aromatic rings. The van der Waals surface area contributed by atoms with E-state index in [9.17, 15) is 9.59 Å². The molecule has 0 bridgehead atoms. The van der Waals surface area contributed by atoms with Crippen LogP contribution in [-0.4, -0.2) is 57.0 Å². The van der Waals surface area contributed by atoms with Crippen LogP contribution in [0.4, 0.5) is 4.79 Å². The van der Waals surface area contributed by atoms with E-state index in [0.29, 0.717) is 13.0 Å². The normalized spacial score (nSPS) is 12.4. The van der Waals surface area contributed by atoms with Crippen molar-refractivity contribution in [2.24, 2.45) is 0 Å². The van der Waals surface area contributed by atoms with E-state index < -0.39 is 37.3 Å². The number of hydrogen-bond donors (Lipinski definition) is 1. The summed E-state index contributed by atoms with van der Waals surface area (Å²) in [4.78, 5) is 22.5. The van der Waals surface area contributed by atoms with Crippen LogP contribution in [0.1, 0.15) is 6.42 Å². The Morgan fingerprint density at radius 3 is 1.92 bits per heavy atom. The van der Waals surface area contributed by atoms with Crippen molar-refractivity contribution in [3.63, 3.8) is 0 Å². The molecule has 0 unspecified atom stereocenters. The average Bonchev–Trinajstić information content (AvgIpc) is 2.43. The molecule has 0 aliphatic heterocycles. The number of alkyl carbamates (subject to hydrolysis) is 1. The minimum atomic E-state index is -2.30. The maximum Gasteiger partial charge on any atom is 0.407 e. The molecule has 0 aliphatic rings. The van der Waals surface area contributed by atoms with E-state index in [4.69, 9.17) is 17.7 Å². The lowest BCUT2D eigenvalue weighted by Crippen LogP contribution is -2.52. The summed E-state index contributed by atoms with van der Waals surface area (Å²) in [5.41, 5.74) is 0. The topological polar surface area (TPSA) is 83.1 Å². The van der Waals surface area contributed by atoms with E-state index in [1.54, 1.807) is 0 Å². The molecular weight excluding hydrogens is 386 g/mol. The lowest BCUT2D eigenvalue weighted by atomic mass is 10.5. The smallest absolute Gasteiger partial charge is 0.407 e. The second-order valence-electron chi connectivity index (χ2n) is 8.10. The molecular formula is C16H35NO6Si3. The van der Waals surface area contributed by atoms with Crippen molar-refractivity contribution in [3.8, 4) is 0 Å². The van der Waals surface area contributed by atoms with Gasteiger partial charge in [0.25, 0.3) is 0 Å². The van der Waals surface area contributed by atoms with Crippen molar-refractivity contribution in [1.82, 2.24) is 5.32 Å². The molecule has 0 atom stereocenters. The Labute approximate surface area is 160 Å². The number of carbonyl (C=O) groups is 2. The molecule has 0 aromatic carbocycles. The van der Waals surface area contributed by atoms with Gasteiger partial charge < -0.3 is 23.0 Å². The van der Waals surface area contributed by atoms with Gasteiger partial charge in [-0.25, -0.2) is 9.59 Å². The van der Waals surface area contributed by atoms with Crippen molar-refractivity contribution in [2.45, 2.75) is 58.3 Å². The fourth-order valence-electron chi connectivity index (χ4n) is 2.39. The summed E-state index contributed by atoms with van der Waals surface area (Å²) in [6.45, 7) is 18.9. The number of ether oxygens (including phenoxy) is 2. The molecule has 26 heavy (non-hydrogen) atoms. The van der Waals surface area contributed by atoms with Gasteiger partial charge in [0.15, 0.2) is 16.6 Å². The molecule has 0 aliphatic carbocycles. The minimum Gasteiger partial charge on any atom is -0.461 e. The van der Waals surface area contributed by atoms with Crippen LogP contribution < -0.4 is 5.32 Å². The zero-order valence-electron chi connectivity index (χ0n) is 17.3. The van der Waals surface area contributed by atoms with Crippen LogP contribution in [0.2, 0.25) is 51.9 Å². The highest BCUT2D eigenvalue weighted by Gasteiger charge is 2.39. The van der Waals surface area contributed by atoms with Gasteiger partial charge in [-0.2, -0.15) is 0 Å². The second kappa shape index (κ2) is 11.0. The number of amides is 1. The standard InChI is InChI=1S/C16H35NO6Si3/c1-9-15(18)20-13-11-17-16(19)21-12-10-14-26(8,22-24(2,3)4)23-25(5,6)7/h9H,1,10-14H2,2-8H3,(H,17,19). The van der Waals surface area contributed by atoms with Gasteiger partial charge in [-0.1, -0.05) is 6.58 Å². The Kier molecular flexibility index (Phi) is 10.6. The maximum absolute atomic E-state index is 11.6. The molecule has 152 valence electrons. The van der Waals surface area contributed by atoms with Crippen molar-refractivity contribution in [3.05, 3.63) is 12.7 Å². The summed E-state index contributed by atoms with van der Waals surface area (Å²) in [7, 11) is -5.73. The van der Waals surface area contributed by atoms with Crippen LogP contribution in [-0.2, 0) is 22.5 Å². The predicted octanol–water partition coefficient (Wildman–Crippen LogP) is 3.61. The Morgan fingerprint density at radius 1 is 0.923 bits per heavy atom. The van der Waals surface area contributed by atoms with Crippen molar-refractivity contribution in [1.29, 1.82) is 0 Å². The monoisotopic (exact) mass is 421 g/mol. The number of esters is 1. The molecule has 0 rings (SSSR count). The number of nitrogens with one attached hydrogen (secondary N) is 1. The zero-order chi connectivity index (χ0) is 20.4. The summed E-state index contributed by atoms with van der Waals surface area (Å²) in [5, 5.41) is 2.53. The van der Waals surface area contributed by atoms with Gasteiger partial charge in [0.05, 0.1) is 13.2 Å². The van der Waals surface area contributed by atoms with Gasteiger partial charge in [-0.15, -0.1) is 0 Å². The molecule has 0 saturated heterocycles. The van der Waals surface area contributed by atoms with E-state index in [1.807, 2.05) is 0 Å². The Morgan fingerprint density at radius 2 is 1.46 bits per heavy atom. The molecule has 1 amide bonds. The second-order valence-corrected chi connectivity index (χ2v) is 21.0. The number of carbonyl (C=O) groups excluding carboxylic acids is 2. The lowest BCUT2D eigenvalue weighted by molar-refractivity contribution is -0.137. The van der Waals surface area contributed by atoms with E-state index >= 15 is 0 Å². The van der Waals surface area contributed by atoms with Crippen LogP contribution in [0.3, 0.4) is 0 Å². The zero-order valence-corrected chi connectivity index (χ0v) is 20.3. The molecule has 0 heterocycles. The molecule has 10 heteroatoms. The first-order chi connectivity index (χ1) is 11.8. The predicted molar refractivity (Wildman–Crippen MR) is 110 cm³/mol. The first-order valence-electron chi connectivity index (χ1n) is 8.86. The van der Waals surface area contributed by atoms with E-state index in [-0.39, 0.29) is 13.2 Å². The van der Waals surface area contributed by atoms with Crippen molar-refractivity contribution in [2.75, 3.05) is 19.8 Å². The SMILES string of the molecule is C=CC(=O)OCCNC(=O)OCCC[Si](C)(O[Si](C)(C)C)O[Si](C)(C)C. The molecule has 1 N–H and O–H groups in total. The van der Waals surface area contributed by atoms with Crippen LogP contribution in [0.25, 0.3) is 0 Å². The number of rotatable bonds is 12. The third-order valence-electron chi connectivity index (χ3n) is 2.83. The van der Waals surface area contributed by atoms with E-state index in [1.165, 1.54) is 0 Å². The van der Waals surface area contributed by atoms with Gasteiger partial charge >= 0.3 is 20.6 Å². The largest absolute Gasteiger partial charge is 0.461 e. The third-order valence-corrected chi connectivity index (χ3v) is 12.5. The molecule has 0 saturated carbocycles. The average molecular weight is 422 g/mol. The quantitative estimate of drug-likeness (QED) is 0.224. The Balaban J connectivity index is 4.23. The summed E-state index contributed by atoms with van der Waals surface area (Å²) in [6, 6.07) is 0.783. The van der Waals surface area contributed by atoms with Crippen LogP contribution in [0.5, 0.6) is 0 Å². The van der Waals surface area contributed by atoms with Crippen LogP contribution in [0, 0.1) is 0 Å². The highest BCUT2D eigenvalue weighted by atomic mass is 28.5. The van der Waals surface area contributed by atoms with Crippen LogP contribution >= 0.6 is 0 Å². The molecule has 7 nitrogen and oxygen atoms in total. The van der Waals surface area contributed by atoms with Gasteiger partial charge in [0, 0.05) is 6.08 Å². The third kappa shape index (κ3) is 14.2. The van der Waals surface area contributed by atoms with Gasteiger partial charge in [0.1, 0.15) is 6.61 Å². The van der Waals surface area contributed by atoms with Gasteiger partial charge in [0.2, 0.25) is 0 Å². The summed E-state index contributed by atoms with van der Waals surface area (Å²) in [6.07, 6.45) is 1.24. The van der Waals surface area contributed by atoms with Gasteiger partial charge in [-0.05, 0) is 58.3 Å². The molecule has 0 spiro atoms. The van der Waals surface area contributed by atoms with E-state index in [0.717, 1.165) is 12.1 Å². The highest BCUT2D eigenvalue weighted by molar-refractivity contribution is 6.87. The van der Waals surface area contributed by atoms with Crippen LogP contribution in [0.15, 0.2) is 12.7 Å². The fraction of sp³-hybridized carbons (Fsp3) is 0.750. The first-order valence-corrected chi connectivity index (χ1v) is 18.2. The fourth-order valence-corrected chi connectivity index (χ4v) is 14.9. The Hall–Kier alpha value is -0.949. The molecule has 0 fully saturated rings. The summed E-state index contributed by atoms with van der Waals surface area (Å²) < 4.78 is 22.7. The summed E-state index contributed by atoms with van der Waals surface area (Å²) >= 11 is 0. The lowest BCUT2D eigenvalue weighted by Gasteiger charge is -2.38. The first kappa shape index (κ1) is 25.1. The molecule has 0 radical (unpaired) electrons. The maximum atomic E-state index is 11.6. The van der Waals surface area contributed by atoms with Crippen molar-refractivity contribution >= 4 is 37.3 Å².